The summed E-state index contributed by atoms with van der Waals surface area (Å²) >= 11 is 0. The van der Waals surface area contributed by atoms with Crippen LogP contribution in [-0.4, -0.2) is 33.1 Å². The summed E-state index contributed by atoms with van der Waals surface area (Å²) in [6, 6.07) is 9.06. The highest BCUT2D eigenvalue weighted by Gasteiger charge is 2.21. The molecule has 1 N–H and O–H groups in total. The number of nitrogens with zero attached hydrogens (tertiary/aromatic N) is 2. The molecule has 2 heterocycles. The molecule has 0 aliphatic carbocycles. The lowest BCUT2D eigenvalue weighted by Gasteiger charge is -2.32. The van der Waals surface area contributed by atoms with Gasteiger partial charge in [-0.25, -0.2) is 8.42 Å². The Labute approximate surface area is 155 Å². The number of pyridine rings is 1. The van der Waals surface area contributed by atoms with Crippen molar-refractivity contribution in [2.45, 2.75) is 31.6 Å². The molecule has 0 spiro atoms. The molecule has 7 heteroatoms. The summed E-state index contributed by atoms with van der Waals surface area (Å²) in [4.78, 5) is 6.29. The lowest BCUT2D eigenvalue weighted by atomic mass is 9.99. The standard InChI is InChI=1S/C19H25N3O3S/c1-3-25-18-8-11-20-14-19(18)26(23,24)21-16-4-6-17(7-5-16)22-12-9-15(2)10-13-22/h4-8,11,14-15,21H,3,9-10,12-13H2,1-2H3. The minimum Gasteiger partial charge on any atom is -0.492 e. The van der Waals surface area contributed by atoms with Gasteiger partial charge >= 0.3 is 0 Å². The van der Waals surface area contributed by atoms with Crippen molar-refractivity contribution in [1.29, 1.82) is 0 Å². The summed E-state index contributed by atoms with van der Waals surface area (Å²) < 4.78 is 33.4. The smallest absolute Gasteiger partial charge is 0.267 e. The van der Waals surface area contributed by atoms with Gasteiger partial charge in [0.1, 0.15) is 10.6 Å². The zero-order chi connectivity index (χ0) is 18.6. The second-order valence-corrected chi connectivity index (χ2v) is 8.23. The van der Waals surface area contributed by atoms with Crippen LogP contribution in [0.25, 0.3) is 0 Å². The highest BCUT2D eigenvalue weighted by molar-refractivity contribution is 7.92. The van der Waals surface area contributed by atoms with E-state index in [0.29, 0.717) is 18.0 Å². The van der Waals surface area contributed by atoms with E-state index in [9.17, 15) is 8.42 Å². The third kappa shape index (κ3) is 4.27. The normalized spacial score (nSPS) is 15.7. The van der Waals surface area contributed by atoms with E-state index in [2.05, 4.69) is 21.5 Å². The van der Waals surface area contributed by atoms with Crippen molar-refractivity contribution in [1.82, 2.24) is 4.98 Å². The summed E-state index contributed by atoms with van der Waals surface area (Å²) in [5, 5.41) is 0. The van der Waals surface area contributed by atoms with Gasteiger partial charge in [-0.3, -0.25) is 9.71 Å². The first kappa shape index (κ1) is 18.5. The third-order valence-corrected chi connectivity index (χ3v) is 5.99. The van der Waals surface area contributed by atoms with Crippen molar-refractivity contribution in [3.8, 4) is 5.75 Å². The molecule has 3 rings (SSSR count). The van der Waals surface area contributed by atoms with Crippen LogP contribution >= 0.6 is 0 Å². The molecule has 0 amide bonds. The molecule has 0 radical (unpaired) electrons. The van der Waals surface area contributed by atoms with E-state index < -0.39 is 10.0 Å². The molecule has 1 aromatic heterocycles. The van der Waals surface area contributed by atoms with Gasteiger partial charge in [0, 0.05) is 30.7 Å². The number of hydrogen-bond donors (Lipinski definition) is 1. The molecule has 26 heavy (non-hydrogen) atoms. The van der Waals surface area contributed by atoms with Crippen molar-refractivity contribution in [3.63, 3.8) is 0 Å². The topological polar surface area (TPSA) is 71.5 Å². The van der Waals surface area contributed by atoms with Gasteiger partial charge in [-0.2, -0.15) is 0 Å². The fraction of sp³-hybridized carbons (Fsp3) is 0.421. The summed E-state index contributed by atoms with van der Waals surface area (Å²) in [7, 11) is -3.76. The molecule has 0 unspecified atom stereocenters. The SMILES string of the molecule is CCOc1ccncc1S(=O)(=O)Nc1ccc(N2CCC(C)CC2)cc1. The Balaban J connectivity index is 1.74. The first-order valence-electron chi connectivity index (χ1n) is 8.94. The first-order chi connectivity index (χ1) is 12.5. The van der Waals surface area contributed by atoms with Gasteiger partial charge in [-0.1, -0.05) is 6.92 Å². The average molecular weight is 375 g/mol. The molecule has 0 bridgehead atoms. The molecule has 140 valence electrons. The number of nitrogens with one attached hydrogen (secondary N) is 1. The average Bonchev–Trinajstić information content (AvgIpc) is 2.63. The second kappa shape index (κ2) is 7.95. The molecule has 0 atom stereocenters. The van der Waals surface area contributed by atoms with Crippen LogP contribution in [0.3, 0.4) is 0 Å². The molecule has 1 aromatic carbocycles. The van der Waals surface area contributed by atoms with Gasteiger partial charge in [0.25, 0.3) is 10.0 Å². The Hall–Kier alpha value is -2.28. The Bertz CT molecular complexity index is 829. The van der Waals surface area contributed by atoms with Gasteiger partial charge in [0.15, 0.2) is 0 Å². The number of benzene rings is 1. The molecule has 1 saturated heterocycles. The van der Waals surface area contributed by atoms with E-state index >= 15 is 0 Å². The maximum absolute atomic E-state index is 12.7. The molecular weight excluding hydrogens is 350 g/mol. The number of sulfonamides is 1. The number of rotatable bonds is 6. The van der Waals surface area contributed by atoms with Crippen LogP contribution in [0.2, 0.25) is 0 Å². The Morgan fingerprint density at radius 1 is 1.19 bits per heavy atom. The van der Waals surface area contributed by atoms with Crippen molar-refractivity contribution < 1.29 is 13.2 Å². The number of anilines is 2. The predicted octanol–water partition coefficient (Wildman–Crippen LogP) is 3.52. The van der Waals surface area contributed by atoms with Crippen LogP contribution in [-0.2, 0) is 10.0 Å². The van der Waals surface area contributed by atoms with Crippen LogP contribution in [0.1, 0.15) is 26.7 Å². The molecule has 1 aliphatic rings. The van der Waals surface area contributed by atoms with E-state index in [4.69, 9.17) is 4.74 Å². The summed E-state index contributed by atoms with van der Waals surface area (Å²) in [5.41, 5.74) is 1.64. The maximum atomic E-state index is 12.7. The van der Waals surface area contributed by atoms with Crippen LogP contribution < -0.4 is 14.4 Å². The Morgan fingerprint density at radius 3 is 2.54 bits per heavy atom. The summed E-state index contributed by atoms with van der Waals surface area (Å²) in [6.07, 6.45) is 5.19. The van der Waals surface area contributed by atoms with Gasteiger partial charge < -0.3 is 9.64 Å². The summed E-state index contributed by atoms with van der Waals surface area (Å²) in [5.74, 6) is 1.07. The molecule has 1 aliphatic heterocycles. The van der Waals surface area contributed by atoms with E-state index in [1.165, 1.54) is 25.2 Å². The Kier molecular flexibility index (Phi) is 5.66. The maximum Gasteiger partial charge on any atom is 0.267 e. The lowest BCUT2D eigenvalue weighted by molar-refractivity contribution is 0.330. The predicted molar refractivity (Wildman–Crippen MR) is 103 cm³/mol. The van der Waals surface area contributed by atoms with Crippen molar-refractivity contribution in [3.05, 3.63) is 42.7 Å². The third-order valence-electron chi connectivity index (χ3n) is 4.60. The molecule has 2 aromatic rings. The molecule has 0 saturated carbocycles. The van der Waals surface area contributed by atoms with E-state index in [-0.39, 0.29) is 4.90 Å². The van der Waals surface area contributed by atoms with Crippen molar-refractivity contribution in [2.75, 3.05) is 29.3 Å². The summed E-state index contributed by atoms with van der Waals surface area (Å²) in [6.45, 7) is 6.56. The van der Waals surface area contributed by atoms with Gasteiger partial charge in [0.05, 0.1) is 12.8 Å². The van der Waals surface area contributed by atoms with Crippen LogP contribution in [0.5, 0.6) is 5.75 Å². The van der Waals surface area contributed by atoms with E-state index in [1.54, 1.807) is 18.2 Å². The minimum absolute atomic E-state index is 0.0379. The zero-order valence-electron chi connectivity index (χ0n) is 15.2. The zero-order valence-corrected chi connectivity index (χ0v) is 16.0. The highest BCUT2D eigenvalue weighted by atomic mass is 32.2. The molecule has 6 nitrogen and oxygen atoms in total. The molecular formula is C19H25N3O3S. The van der Waals surface area contributed by atoms with Crippen LogP contribution in [0.15, 0.2) is 47.6 Å². The van der Waals surface area contributed by atoms with Crippen molar-refractivity contribution in [2.24, 2.45) is 5.92 Å². The highest BCUT2D eigenvalue weighted by Crippen LogP contribution is 2.27. The number of ether oxygens (including phenoxy) is 1. The quantitative estimate of drug-likeness (QED) is 0.836. The van der Waals surface area contributed by atoms with Crippen LogP contribution in [0, 0.1) is 5.92 Å². The van der Waals surface area contributed by atoms with Gasteiger partial charge in [-0.15, -0.1) is 0 Å². The number of hydrogen-bond acceptors (Lipinski definition) is 5. The fourth-order valence-electron chi connectivity index (χ4n) is 3.06. The van der Waals surface area contributed by atoms with Gasteiger partial charge in [0.2, 0.25) is 0 Å². The van der Waals surface area contributed by atoms with E-state index in [1.807, 2.05) is 19.1 Å². The van der Waals surface area contributed by atoms with E-state index in [0.717, 1.165) is 24.7 Å². The van der Waals surface area contributed by atoms with Crippen LogP contribution in [0.4, 0.5) is 11.4 Å². The minimum atomic E-state index is -3.76. The Morgan fingerprint density at radius 2 is 1.88 bits per heavy atom. The fourth-order valence-corrected chi connectivity index (χ4v) is 4.21. The number of piperidine rings is 1. The van der Waals surface area contributed by atoms with Crippen molar-refractivity contribution >= 4 is 21.4 Å². The largest absolute Gasteiger partial charge is 0.492 e. The number of aromatic nitrogens is 1. The molecule has 1 fully saturated rings. The first-order valence-corrected chi connectivity index (χ1v) is 10.4. The second-order valence-electron chi connectivity index (χ2n) is 6.58. The lowest BCUT2D eigenvalue weighted by Crippen LogP contribution is -2.32. The monoisotopic (exact) mass is 375 g/mol. The van der Waals surface area contributed by atoms with Gasteiger partial charge in [-0.05, 0) is 56.0 Å².